The molecule has 6 heteroatoms. The molecule has 0 amide bonds. The summed E-state index contributed by atoms with van der Waals surface area (Å²) in [6.07, 6.45) is 3.14. The predicted octanol–water partition coefficient (Wildman–Crippen LogP) is 2.41. The quantitative estimate of drug-likeness (QED) is 0.762. The van der Waals surface area contributed by atoms with Gasteiger partial charge in [0.25, 0.3) is 0 Å². The number of aromatic carboxylic acids is 1. The van der Waals surface area contributed by atoms with Crippen molar-refractivity contribution in [3.05, 3.63) is 48.3 Å². The number of carboxylic acids is 1. The van der Waals surface area contributed by atoms with Crippen molar-refractivity contribution in [1.82, 2.24) is 14.8 Å². The fourth-order valence-corrected chi connectivity index (χ4v) is 2.05. The number of nitrogens with one attached hydrogen (secondary N) is 1. The Morgan fingerprint density at radius 3 is 2.80 bits per heavy atom. The van der Waals surface area contributed by atoms with E-state index >= 15 is 0 Å². The molecule has 6 nitrogen and oxygen atoms in total. The van der Waals surface area contributed by atoms with E-state index in [2.05, 4.69) is 15.4 Å². The Hall–Kier alpha value is -2.89. The molecule has 0 aliphatic carbocycles. The molecule has 3 aromatic rings. The number of para-hydroxylation sites is 1. The zero-order valence-corrected chi connectivity index (χ0v) is 10.7. The Balaban J connectivity index is 2.19. The highest BCUT2D eigenvalue weighted by Gasteiger charge is 2.15. The second kappa shape index (κ2) is 4.65. The van der Waals surface area contributed by atoms with Gasteiger partial charge in [0.15, 0.2) is 5.82 Å². The van der Waals surface area contributed by atoms with Crippen LogP contribution < -0.4 is 5.32 Å². The number of rotatable bonds is 3. The average Bonchev–Trinajstić information content (AvgIpc) is 2.84. The van der Waals surface area contributed by atoms with Gasteiger partial charge in [-0.25, -0.2) is 4.79 Å². The Morgan fingerprint density at radius 1 is 1.30 bits per heavy atom. The summed E-state index contributed by atoms with van der Waals surface area (Å²) in [5, 5.41) is 17.3. The molecule has 0 saturated heterocycles. The minimum absolute atomic E-state index is 0.120. The number of benzene rings is 1. The number of hydrogen-bond acceptors (Lipinski definition) is 4. The van der Waals surface area contributed by atoms with Gasteiger partial charge in [0.1, 0.15) is 5.56 Å². The van der Waals surface area contributed by atoms with Crippen molar-refractivity contribution in [3.8, 4) is 0 Å². The molecule has 1 aromatic carbocycles. The lowest BCUT2D eigenvalue weighted by atomic mass is 10.1. The SMILES string of the molecule is Cn1ccc(Nc2c(C(=O)O)cnc3ccccc23)n1. The molecule has 2 N–H and O–H groups in total. The van der Waals surface area contributed by atoms with Crippen molar-refractivity contribution < 1.29 is 9.90 Å². The van der Waals surface area contributed by atoms with Crippen molar-refractivity contribution in [2.24, 2.45) is 7.05 Å². The van der Waals surface area contributed by atoms with Crippen LogP contribution in [0.3, 0.4) is 0 Å². The molecule has 0 spiro atoms. The van der Waals surface area contributed by atoms with E-state index in [-0.39, 0.29) is 5.56 Å². The van der Waals surface area contributed by atoms with Crippen LogP contribution in [0, 0.1) is 0 Å². The van der Waals surface area contributed by atoms with Gasteiger partial charge in [0.2, 0.25) is 0 Å². The first-order chi connectivity index (χ1) is 9.65. The molecular formula is C14H12N4O2. The molecule has 0 saturated carbocycles. The van der Waals surface area contributed by atoms with E-state index in [1.807, 2.05) is 24.3 Å². The lowest BCUT2D eigenvalue weighted by Gasteiger charge is -2.10. The van der Waals surface area contributed by atoms with E-state index in [9.17, 15) is 9.90 Å². The number of fused-ring (bicyclic) bond motifs is 1. The lowest BCUT2D eigenvalue weighted by molar-refractivity contribution is 0.0697. The number of anilines is 2. The van der Waals surface area contributed by atoms with Crippen LogP contribution in [0.15, 0.2) is 42.7 Å². The highest BCUT2D eigenvalue weighted by atomic mass is 16.4. The van der Waals surface area contributed by atoms with Crippen LogP contribution in [0.2, 0.25) is 0 Å². The molecule has 0 bridgehead atoms. The normalized spacial score (nSPS) is 10.7. The Kier molecular flexibility index (Phi) is 2.83. The number of carbonyl (C=O) groups is 1. The van der Waals surface area contributed by atoms with Crippen LogP contribution in [-0.2, 0) is 7.05 Å². The third-order valence-corrected chi connectivity index (χ3v) is 2.97. The van der Waals surface area contributed by atoms with E-state index in [1.54, 1.807) is 24.0 Å². The first kappa shape index (κ1) is 12.2. The molecule has 2 heterocycles. The second-order valence-electron chi connectivity index (χ2n) is 4.37. The number of aryl methyl sites for hydroxylation is 1. The smallest absolute Gasteiger partial charge is 0.339 e. The van der Waals surface area contributed by atoms with E-state index < -0.39 is 5.97 Å². The molecule has 100 valence electrons. The van der Waals surface area contributed by atoms with Gasteiger partial charge in [-0.1, -0.05) is 18.2 Å². The molecule has 20 heavy (non-hydrogen) atoms. The van der Waals surface area contributed by atoms with Gasteiger partial charge >= 0.3 is 5.97 Å². The second-order valence-corrected chi connectivity index (χ2v) is 4.37. The van der Waals surface area contributed by atoms with Crippen LogP contribution in [0.5, 0.6) is 0 Å². The third kappa shape index (κ3) is 2.07. The number of aromatic nitrogens is 3. The fraction of sp³-hybridized carbons (Fsp3) is 0.0714. The molecule has 0 aliphatic heterocycles. The number of pyridine rings is 1. The van der Waals surface area contributed by atoms with Gasteiger partial charge in [0.05, 0.1) is 11.2 Å². The molecule has 0 unspecified atom stereocenters. The summed E-state index contributed by atoms with van der Waals surface area (Å²) in [5.41, 5.74) is 1.35. The van der Waals surface area contributed by atoms with E-state index in [0.717, 1.165) is 10.9 Å². The van der Waals surface area contributed by atoms with Crippen LogP contribution in [0.25, 0.3) is 10.9 Å². The van der Waals surface area contributed by atoms with Gasteiger partial charge in [-0.2, -0.15) is 5.10 Å². The molecule has 0 fully saturated rings. The molecular weight excluding hydrogens is 256 g/mol. The maximum atomic E-state index is 11.4. The zero-order valence-electron chi connectivity index (χ0n) is 10.7. The van der Waals surface area contributed by atoms with E-state index in [1.165, 1.54) is 6.20 Å². The van der Waals surface area contributed by atoms with Crippen LogP contribution in [-0.4, -0.2) is 25.8 Å². The van der Waals surface area contributed by atoms with E-state index in [4.69, 9.17) is 0 Å². The monoisotopic (exact) mass is 268 g/mol. The largest absolute Gasteiger partial charge is 0.478 e. The van der Waals surface area contributed by atoms with Crippen LogP contribution in [0.1, 0.15) is 10.4 Å². The minimum atomic E-state index is -1.03. The van der Waals surface area contributed by atoms with Gasteiger partial charge in [0, 0.05) is 30.9 Å². The average molecular weight is 268 g/mol. The number of carboxylic acid groups (broad SMARTS) is 1. The zero-order chi connectivity index (χ0) is 14.1. The summed E-state index contributed by atoms with van der Waals surface area (Å²) >= 11 is 0. The van der Waals surface area contributed by atoms with Crippen molar-refractivity contribution in [2.45, 2.75) is 0 Å². The molecule has 0 radical (unpaired) electrons. The van der Waals surface area contributed by atoms with Crippen molar-refractivity contribution >= 4 is 28.4 Å². The van der Waals surface area contributed by atoms with Crippen molar-refractivity contribution in [2.75, 3.05) is 5.32 Å². The minimum Gasteiger partial charge on any atom is -0.478 e. The summed E-state index contributed by atoms with van der Waals surface area (Å²) in [4.78, 5) is 15.5. The summed E-state index contributed by atoms with van der Waals surface area (Å²) in [6, 6.07) is 9.16. The van der Waals surface area contributed by atoms with Gasteiger partial charge in [-0.05, 0) is 6.07 Å². The maximum absolute atomic E-state index is 11.4. The first-order valence-corrected chi connectivity index (χ1v) is 6.03. The topological polar surface area (TPSA) is 80.0 Å². The number of nitrogens with zero attached hydrogens (tertiary/aromatic N) is 3. The lowest BCUT2D eigenvalue weighted by Crippen LogP contribution is -2.05. The van der Waals surface area contributed by atoms with Crippen LogP contribution in [0.4, 0.5) is 11.5 Å². The number of hydrogen-bond donors (Lipinski definition) is 2. The molecule has 0 atom stereocenters. The van der Waals surface area contributed by atoms with E-state index in [0.29, 0.717) is 11.5 Å². The Bertz CT molecular complexity index is 795. The molecule has 0 aliphatic rings. The van der Waals surface area contributed by atoms with Crippen LogP contribution >= 0.6 is 0 Å². The van der Waals surface area contributed by atoms with Gasteiger partial charge in [-0.3, -0.25) is 9.67 Å². The Labute approximate surface area is 114 Å². The summed E-state index contributed by atoms with van der Waals surface area (Å²) in [7, 11) is 1.80. The third-order valence-electron chi connectivity index (χ3n) is 2.97. The Morgan fingerprint density at radius 2 is 2.10 bits per heavy atom. The van der Waals surface area contributed by atoms with Gasteiger partial charge < -0.3 is 10.4 Å². The predicted molar refractivity (Wildman–Crippen MR) is 75.2 cm³/mol. The summed E-state index contributed by atoms with van der Waals surface area (Å²) < 4.78 is 1.64. The molecule has 2 aromatic heterocycles. The first-order valence-electron chi connectivity index (χ1n) is 6.03. The fourth-order valence-electron chi connectivity index (χ4n) is 2.05. The highest BCUT2D eigenvalue weighted by Crippen LogP contribution is 2.28. The molecule has 3 rings (SSSR count). The summed E-state index contributed by atoms with van der Waals surface area (Å²) in [5.74, 6) is -0.437. The highest BCUT2D eigenvalue weighted by molar-refractivity contribution is 6.05. The summed E-state index contributed by atoms with van der Waals surface area (Å²) in [6.45, 7) is 0. The standard InChI is InChI=1S/C14H12N4O2/c1-18-7-6-12(17-18)16-13-9-4-2-3-5-11(9)15-8-10(13)14(19)20/h2-8H,1H3,(H,19,20)(H,15,16,17). The van der Waals surface area contributed by atoms with Gasteiger partial charge in [-0.15, -0.1) is 0 Å². The maximum Gasteiger partial charge on any atom is 0.339 e. The van der Waals surface area contributed by atoms with Crippen molar-refractivity contribution in [1.29, 1.82) is 0 Å². The van der Waals surface area contributed by atoms with Crippen molar-refractivity contribution in [3.63, 3.8) is 0 Å².